The van der Waals surface area contributed by atoms with Gasteiger partial charge in [-0.1, -0.05) is 0 Å². The molecule has 2 aromatic rings. The fourth-order valence-electron chi connectivity index (χ4n) is 2.95. The fourth-order valence-corrected chi connectivity index (χ4v) is 2.95. The molecule has 1 fully saturated rings. The average Bonchev–Trinajstić information content (AvgIpc) is 2.99. The summed E-state index contributed by atoms with van der Waals surface area (Å²) in [6, 6.07) is 2.16. The van der Waals surface area contributed by atoms with Gasteiger partial charge in [0.1, 0.15) is 11.2 Å². The van der Waals surface area contributed by atoms with Crippen LogP contribution in [0.5, 0.6) is 0 Å². The van der Waals surface area contributed by atoms with E-state index in [-0.39, 0.29) is 18.1 Å². The van der Waals surface area contributed by atoms with Gasteiger partial charge in [0.2, 0.25) is 0 Å². The molecule has 0 spiro atoms. The summed E-state index contributed by atoms with van der Waals surface area (Å²) in [5.74, 6) is -0.364. The number of H-pyrrole nitrogens is 1. The Morgan fingerprint density at radius 2 is 2.23 bits per heavy atom. The van der Waals surface area contributed by atoms with Gasteiger partial charge in [0.05, 0.1) is 18.4 Å². The second kappa shape index (κ2) is 6.36. The normalized spacial score (nSPS) is 21.7. The number of ether oxygens (including phenoxy) is 1. The molecule has 0 aliphatic heterocycles. The molecule has 6 heteroatoms. The predicted molar refractivity (Wildman–Crippen MR) is 83.9 cm³/mol. The van der Waals surface area contributed by atoms with E-state index in [1.165, 1.54) is 0 Å². The number of nitrogens with zero attached hydrogens (tertiary/aromatic N) is 1. The predicted octanol–water partition coefficient (Wildman–Crippen LogP) is 2.46. The van der Waals surface area contributed by atoms with E-state index in [0.29, 0.717) is 12.2 Å². The Morgan fingerprint density at radius 3 is 2.95 bits per heavy atom. The lowest BCUT2D eigenvalue weighted by Gasteiger charge is -2.28. The molecule has 22 heavy (non-hydrogen) atoms. The van der Waals surface area contributed by atoms with Crippen molar-refractivity contribution in [3.63, 3.8) is 0 Å². The van der Waals surface area contributed by atoms with Crippen LogP contribution in [0.2, 0.25) is 0 Å². The Balaban J connectivity index is 1.92. The Bertz CT molecular complexity index is 660. The van der Waals surface area contributed by atoms with Gasteiger partial charge in [-0.3, -0.25) is 0 Å². The van der Waals surface area contributed by atoms with Crippen LogP contribution in [0.1, 0.15) is 43.0 Å². The van der Waals surface area contributed by atoms with Crippen molar-refractivity contribution in [3.8, 4) is 0 Å². The van der Waals surface area contributed by atoms with Crippen molar-refractivity contribution in [2.75, 3.05) is 11.9 Å². The summed E-state index contributed by atoms with van der Waals surface area (Å²) < 4.78 is 5.13. The summed E-state index contributed by atoms with van der Waals surface area (Å²) in [7, 11) is 0. The highest BCUT2D eigenvalue weighted by Crippen LogP contribution is 2.30. The number of hydrogen-bond donors (Lipinski definition) is 3. The molecule has 0 bridgehead atoms. The molecule has 1 aliphatic rings. The minimum atomic E-state index is -0.364. The number of aromatic nitrogens is 2. The molecule has 0 atom stereocenters. The highest BCUT2D eigenvalue weighted by atomic mass is 16.5. The van der Waals surface area contributed by atoms with E-state index in [1.54, 1.807) is 13.1 Å². The van der Waals surface area contributed by atoms with Gasteiger partial charge in [-0.05, 0) is 38.7 Å². The second-order valence-corrected chi connectivity index (χ2v) is 5.66. The zero-order valence-electron chi connectivity index (χ0n) is 12.6. The molecule has 2 heterocycles. The van der Waals surface area contributed by atoms with Crippen molar-refractivity contribution in [3.05, 3.63) is 24.0 Å². The van der Waals surface area contributed by atoms with Crippen molar-refractivity contribution in [1.82, 2.24) is 9.97 Å². The Morgan fingerprint density at radius 1 is 1.45 bits per heavy atom. The lowest BCUT2D eigenvalue weighted by molar-refractivity contribution is 0.0527. The van der Waals surface area contributed by atoms with E-state index in [0.717, 1.165) is 42.4 Å². The number of carbonyl (C=O) groups is 1. The number of pyridine rings is 1. The number of anilines is 1. The summed E-state index contributed by atoms with van der Waals surface area (Å²) in [4.78, 5) is 19.5. The van der Waals surface area contributed by atoms with Crippen molar-refractivity contribution < 1.29 is 14.6 Å². The van der Waals surface area contributed by atoms with Crippen LogP contribution in [0.4, 0.5) is 5.69 Å². The van der Waals surface area contributed by atoms with Gasteiger partial charge in [-0.25, -0.2) is 9.78 Å². The van der Waals surface area contributed by atoms with E-state index in [2.05, 4.69) is 15.3 Å². The maximum absolute atomic E-state index is 12.2. The number of fused-ring (bicyclic) bond motifs is 1. The Labute approximate surface area is 128 Å². The van der Waals surface area contributed by atoms with Crippen LogP contribution in [0.3, 0.4) is 0 Å². The first-order valence-electron chi connectivity index (χ1n) is 7.77. The highest BCUT2D eigenvalue weighted by Gasteiger charge is 2.23. The lowest BCUT2D eigenvalue weighted by Crippen LogP contribution is -2.29. The molecule has 0 radical (unpaired) electrons. The molecule has 0 unspecified atom stereocenters. The zero-order valence-corrected chi connectivity index (χ0v) is 12.6. The molecular formula is C16H21N3O3. The van der Waals surface area contributed by atoms with Crippen LogP contribution in [0.25, 0.3) is 11.0 Å². The van der Waals surface area contributed by atoms with Crippen LogP contribution in [-0.4, -0.2) is 39.8 Å². The number of hydrogen-bond acceptors (Lipinski definition) is 5. The maximum atomic E-state index is 12.2. The van der Waals surface area contributed by atoms with E-state index in [1.807, 2.05) is 12.3 Å². The quantitative estimate of drug-likeness (QED) is 0.755. The van der Waals surface area contributed by atoms with Crippen molar-refractivity contribution in [2.24, 2.45) is 0 Å². The Hall–Kier alpha value is -2.08. The molecule has 0 aromatic carbocycles. The van der Waals surface area contributed by atoms with Crippen LogP contribution in [0, 0.1) is 0 Å². The van der Waals surface area contributed by atoms with Gasteiger partial charge >= 0.3 is 5.97 Å². The number of nitrogens with one attached hydrogen (secondary N) is 2. The number of rotatable bonds is 4. The summed E-state index contributed by atoms with van der Waals surface area (Å²) in [5, 5.41) is 14.0. The van der Waals surface area contributed by atoms with Gasteiger partial charge in [0, 0.05) is 23.8 Å². The van der Waals surface area contributed by atoms with E-state index < -0.39 is 0 Å². The molecule has 3 N–H and O–H groups in total. The Kier molecular flexibility index (Phi) is 4.29. The van der Waals surface area contributed by atoms with E-state index in [9.17, 15) is 9.90 Å². The van der Waals surface area contributed by atoms with Crippen LogP contribution < -0.4 is 5.32 Å². The third-order valence-electron chi connectivity index (χ3n) is 4.13. The third-order valence-corrected chi connectivity index (χ3v) is 4.13. The lowest BCUT2D eigenvalue weighted by atomic mass is 9.92. The maximum Gasteiger partial charge on any atom is 0.341 e. The molecule has 118 valence electrons. The summed E-state index contributed by atoms with van der Waals surface area (Å²) in [6.45, 7) is 2.12. The molecule has 6 nitrogen and oxygen atoms in total. The number of aromatic amines is 1. The minimum absolute atomic E-state index is 0.202. The van der Waals surface area contributed by atoms with Gasteiger partial charge in [-0.15, -0.1) is 0 Å². The van der Waals surface area contributed by atoms with Crippen LogP contribution >= 0.6 is 0 Å². The summed E-state index contributed by atoms with van der Waals surface area (Å²) >= 11 is 0. The first kappa shape index (κ1) is 14.8. The van der Waals surface area contributed by atoms with Crippen LogP contribution in [0.15, 0.2) is 18.5 Å². The molecule has 1 aliphatic carbocycles. The van der Waals surface area contributed by atoms with Crippen LogP contribution in [-0.2, 0) is 4.74 Å². The summed E-state index contributed by atoms with van der Waals surface area (Å²) in [6.07, 6.45) is 6.50. The minimum Gasteiger partial charge on any atom is -0.462 e. The molecule has 3 rings (SSSR count). The average molecular weight is 303 g/mol. The molecular weight excluding hydrogens is 282 g/mol. The molecule has 1 saturated carbocycles. The van der Waals surface area contributed by atoms with Crippen molar-refractivity contribution >= 4 is 22.7 Å². The largest absolute Gasteiger partial charge is 0.462 e. The number of aliphatic hydroxyl groups excluding tert-OH is 1. The van der Waals surface area contributed by atoms with Gasteiger partial charge in [-0.2, -0.15) is 0 Å². The molecule has 0 amide bonds. The van der Waals surface area contributed by atoms with Crippen molar-refractivity contribution in [1.29, 1.82) is 0 Å². The monoisotopic (exact) mass is 303 g/mol. The number of esters is 1. The second-order valence-electron chi connectivity index (χ2n) is 5.66. The van der Waals surface area contributed by atoms with Gasteiger partial charge in [0.15, 0.2) is 0 Å². The molecule has 0 saturated heterocycles. The standard InChI is InChI=1S/C16H21N3O3/c1-2-22-16(21)13-9-18-15-12(7-8-17-15)14(13)19-10-3-5-11(20)6-4-10/h7-11,20H,2-6H2,1H3,(H2,17,18,19). The van der Waals surface area contributed by atoms with Crippen molar-refractivity contribution in [2.45, 2.75) is 44.8 Å². The first-order valence-corrected chi connectivity index (χ1v) is 7.77. The third kappa shape index (κ3) is 2.92. The highest BCUT2D eigenvalue weighted by molar-refractivity contribution is 6.04. The SMILES string of the molecule is CCOC(=O)c1cnc2[nH]ccc2c1NC1CCC(O)CC1. The number of aliphatic hydroxyl groups is 1. The molecule has 2 aromatic heterocycles. The van der Waals surface area contributed by atoms with Gasteiger partial charge < -0.3 is 20.1 Å². The summed E-state index contributed by atoms with van der Waals surface area (Å²) in [5.41, 5.74) is 1.97. The van der Waals surface area contributed by atoms with E-state index in [4.69, 9.17) is 4.74 Å². The first-order chi connectivity index (χ1) is 10.7. The topological polar surface area (TPSA) is 87.2 Å². The fraction of sp³-hybridized carbons (Fsp3) is 0.500. The smallest absolute Gasteiger partial charge is 0.341 e. The number of carbonyl (C=O) groups excluding carboxylic acids is 1. The zero-order chi connectivity index (χ0) is 15.5. The van der Waals surface area contributed by atoms with E-state index >= 15 is 0 Å². The van der Waals surface area contributed by atoms with Gasteiger partial charge in [0.25, 0.3) is 0 Å².